The Morgan fingerprint density at radius 3 is 2.79 bits per heavy atom. The van der Waals surface area contributed by atoms with Crippen LogP contribution in [-0.4, -0.2) is 35.1 Å². The van der Waals surface area contributed by atoms with Crippen molar-refractivity contribution in [1.29, 1.82) is 0 Å². The lowest BCUT2D eigenvalue weighted by Crippen LogP contribution is -2.32. The lowest BCUT2D eigenvalue weighted by molar-refractivity contribution is -0.115. The molecule has 2 aromatic carbocycles. The van der Waals surface area contributed by atoms with Gasteiger partial charge in [0.2, 0.25) is 12.7 Å². The molecule has 0 saturated carbocycles. The zero-order chi connectivity index (χ0) is 20.2. The van der Waals surface area contributed by atoms with Gasteiger partial charge in [0, 0.05) is 23.0 Å². The van der Waals surface area contributed by atoms with Crippen LogP contribution >= 0.6 is 0 Å². The van der Waals surface area contributed by atoms with Gasteiger partial charge >= 0.3 is 0 Å². The summed E-state index contributed by atoms with van der Waals surface area (Å²) in [7, 11) is 0. The normalized spacial score (nSPS) is 11.8. The zero-order valence-electron chi connectivity index (χ0n) is 15.6. The Kier molecular flexibility index (Phi) is 5.07. The van der Waals surface area contributed by atoms with E-state index in [1.165, 1.54) is 0 Å². The highest BCUT2D eigenvalue weighted by Gasteiger charge is 2.16. The van der Waals surface area contributed by atoms with E-state index in [9.17, 15) is 9.59 Å². The average Bonchev–Trinajstić information content (AvgIpc) is 3.20. The molecule has 1 aliphatic rings. The molecular weight excluding hydrogens is 372 g/mol. The van der Waals surface area contributed by atoms with Crippen molar-refractivity contribution in [3.8, 4) is 22.8 Å². The monoisotopic (exact) mass is 390 g/mol. The number of carbonyl (C=O) groups excluding carboxylic acids is 2. The summed E-state index contributed by atoms with van der Waals surface area (Å²) in [4.78, 5) is 33.0. The molecule has 146 valence electrons. The molecule has 1 aromatic heterocycles. The number of benzene rings is 2. The quantitative estimate of drug-likeness (QED) is 0.694. The highest BCUT2D eigenvalue weighted by Crippen LogP contribution is 2.32. The van der Waals surface area contributed by atoms with Gasteiger partial charge in [-0.1, -0.05) is 12.1 Å². The van der Waals surface area contributed by atoms with E-state index in [0.717, 1.165) is 11.3 Å². The van der Waals surface area contributed by atoms with Gasteiger partial charge in [-0.15, -0.1) is 0 Å². The summed E-state index contributed by atoms with van der Waals surface area (Å²) in [5, 5.41) is 5.37. The lowest BCUT2D eigenvalue weighted by Gasteiger charge is -2.09. The third-order valence-electron chi connectivity index (χ3n) is 4.26. The smallest absolute Gasteiger partial charge is 0.251 e. The molecule has 0 saturated heterocycles. The van der Waals surface area contributed by atoms with Crippen LogP contribution in [0.5, 0.6) is 11.5 Å². The minimum Gasteiger partial charge on any atom is -0.454 e. The van der Waals surface area contributed by atoms with Gasteiger partial charge in [0.1, 0.15) is 5.82 Å². The summed E-state index contributed by atoms with van der Waals surface area (Å²) in [6, 6.07) is 14.0. The number of nitrogens with zero attached hydrogens (tertiary/aromatic N) is 2. The van der Waals surface area contributed by atoms with Gasteiger partial charge in [-0.25, -0.2) is 9.97 Å². The summed E-state index contributed by atoms with van der Waals surface area (Å²) in [5.74, 6) is 1.07. The molecule has 0 unspecified atom stereocenters. The first-order valence-corrected chi connectivity index (χ1v) is 8.96. The molecule has 2 heterocycles. The van der Waals surface area contributed by atoms with Crippen molar-refractivity contribution in [3.63, 3.8) is 0 Å². The zero-order valence-corrected chi connectivity index (χ0v) is 15.6. The molecule has 2 N–H and O–H groups in total. The first kappa shape index (κ1) is 18.4. The highest BCUT2D eigenvalue weighted by atomic mass is 16.7. The first-order valence-electron chi connectivity index (χ1n) is 8.96. The Morgan fingerprint density at radius 2 is 1.93 bits per heavy atom. The van der Waals surface area contributed by atoms with E-state index in [0.29, 0.717) is 28.6 Å². The minimum atomic E-state index is -0.372. The third kappa shape index (κ3) is 4.32. The topological polar surface area (TPSA) is 102 Å². The molecule has 0 fully saturated rings. The van der Waals surface area contributed by atoms with E-state index in [1.54, 1.807) is 36.5 Å². The number of hydrogen-bond donors (Lipinski definition) is 2. The van der Waals surface area contributed by atoms with Gasteiger partial charge in [0.25, 0.3) is 5.91 Å². The number of amides is 2. The van der Waals surface area contributed by atoms with E-state index in [4.69, 9.17) is 9.47 Å². The number of rotatable bonds is 5. The largest absolute Gasteiger partial charge is 0.454 e. The van der Waals surface area contributed by atoms with Crippen LogP contribution in [0.2, 0.25) is 0 Å². The molecule has 0 radical (unpaired) electrons. The Bertz CT molecular complexity index is 1080. The number of aromatic nitrogens is 2. The SMILES string of the molecule is Cc1nccc(-c2cccc(NC(=O)CNC(=O)c3ccc4c(c3)OCO4)c2)n1. The van der Waals surface area contributed by atoms with Crippen LogP contribution < -0.4 is 20.1 Å². The summed E-state index contributed by atoms with van der Waals surface area (Å²) in [6.45, 7) is 1.79. The van der Waals surface area contributed by atoms with Gasteiger partial charge in [0.15, 0.2) is 11.5 Å². The van der Waals surface area contributed by atoms with Gasteiger partial charge in [-0.3, -0.25) is 9.59 Å². The van der Waals surface area contributed by atoms with Crippen molar-refractivity contribution in [2.75, 3.05) is 18.7 Å². The van der Waals surface area contributed by atoms with Crippen LogP contribution in [0.4, 0.5) is 5.69 Å². The Hall–Kier alpha value is -3.94. The van der Waals surface area contributed by atoms with Crippen LogP contribution in [-0.2, 0) is 4.79 Å². The van der Waals surface area contributed by atoms with E-state index in [1.807, 2.05) is 25.1 Å². The molecule has 0 aliphatic carbocycles. The number of ether oxygens (including phenoxy) is 2. The first-order chi connectivity index (χ1) is 14.1. The highest BCUT2D eigenvalue weighted by molar-refractivity contribution is 5.99. The van der Waals surface area contributed by atoms with Crippen molar-refractivity contribution < 1.29 is 19.1 Å². The maximum atomic E-state index is 12.3. The standard InChI is InChI=1S/C21H18N4O4/c1-13-22-8-7-17(24-13)14-3-2-4-16(9-14)25-20(26)11-23-21(27)15-5-6-18-19(10-15)29-12-28-18/h2-10H,11-12H2,1H3,(H,23,27)(H,25,26). The molecule has 0 bridgehead atoms. The third-order valence-corrected chi connectivity index (χ3v) is 4.26. The summed E-state index contributed by atoms with van der Waals surface area (Å²) < 4.78 is 10.5. The van der Waals surface area contributed by atoms with E-state index in [-0.39, 0.29) is 25.2 Å². The Morgan fingerprint density at radius 1 is 1.07 bits per heavy atom. The van der Waals surface area contributed by atoms with Crippen LogP contribution in [0.3, 0.4) is 0 Å². The second-order valence-electron chi connectivity index (χ2n) is 6.37. The number of nitrogens with one attached hydrogen (secondary N) is 2. The van der Waals surface area contributed by atoms with Gasteiger partial charge in [-0.05, 0) is 43.3 Å². The molecule has 8 heteroatoms. The summed E-state index contributed by atoms with van der Waals surface area (Å²) in [5.41, 5.74) is 2.63. The molecule has 3 aromatic rings. The van der Waals surface area contributed by atoms with Crippen molar-refractivity contribution in [1.82, 2.24) is 15.3 Å². The molecule has 4 rings (SSSR count). The maximum absolute atomic E-state index is 12.3. The van der Waals surface area contributed by atoms with Crippen LogP contribution in [0.1, 0.15) is 16.2 Å². The fourth-order valence-electron chi connectivity index (χ4n) is 2.88. The number of fused-ring (bicyclic) bond motifs is 1. The fourth-order valence-corrected chi connectivity index (χ4v) is 2.88. The molecular formula is C21H18N4O4. The maximum Gasteiger partial charge on any atom is 0.251 e. The van der Waals surface area contributed by atoms with E-state index < -0.39 is 0 Å². The Balaban J connectivity index is 1.36. The molecule has 1 aliphatic heterocycles. The van der Waals surface area contributed by atoms with Gasteiger partial charge in [-0.2, -0.15) is 0 Å². The van der Waals surface area contributed by atoms with Crippen molar-refractivity contribution in [2.45, 2.75) is 6.92 Å². The minimum absolute atomic E-state index is 0.135. The molecule has 0 spiro atoms. The van der Waals surface area contributed by atoms with Gasteiger partial charge < -0.3 is 20.1 Å². The van der Waals surface area contributed by atoms with Crippen molar-refractivity contribution in [2.24, 2.45) is 0 Å². The second kappa shape index (κ2) is 7.97. The molecule has 2 amide bonds. The van der Waals surface area contributed by atoms with Gasteiger partial charge in [0.05, 0.1) is 12.2 Å². The predicted molar refractivity (Wildman–Crippen MR) is 106 cm³/mol. The van der Waals surface area contributed by atoms with Crippen molar-refractivity contribution >= 4 is 17.5 Å². The summed E-state index contributed by atoms with van der Waals surface area (Å²) in [6.07, 6.45) is 1.69. The van der Waals surface area contributed by atoms with Crippen LogP contribution in [0.25, 0.3) is 11.3 Å². The molecule has 0 atom stereocenters. The Labute approximate surface area is 166 Å². The van der Waals surface area contributed by atoms with E-state index in [2.05, 4.69) is 20.6 Å². The van der Waals surface area contributed by atoms with E-state index >= 15 is 0 Å². The fraction of sp³-hybridized carbons (Fsp3) is 0.143. The number of carbonyl (C=O) groups is 2. The van der Waals surface area contributed by atoms with Crippen molar-refractivity contribution in [3.05, 3.63) is 66.1 Å². The second-order valence-corrected chi connectivity index (χ2v) is 6.37. The average molecular weight is 390 g/mol. The molecule has 29 heavy (non-hydrogen) atoms. The number of anilines is 1. The van der Waals surface area contributed by atoms with Crippen LogP contribution in [0, 0.1) is 6.92 Å². The lowest BCUT2D eigenvalue weighted by atomic mass is 10.1. The molecule has 8 nitrogen and oxygen atoms in total. The predicted octanol–water partition coefficient (Wildman–Crippen LogP) is 2.55. The summed E-state index contributed by atoms with van der Waals surface area (Å²) >= 11 is 0. The van der Waals surface area contributed by atoms with Crippen LogP contribution in [0.15, 0.2) is 54.7 Å². The number of hydrogen-bond acceptors (Lipinski definition) is 6. The number of aryl methyl sites for hydroxylation is 1.